The van der Waals surface area contributed by atoms with Crippen molar-refractivity contribution in [1.29, 1.82) is 0 Å². The van der Waals surface area contributed by atoms with Crippen LogP contribution < -0.4 is 11.1 Å². The molecule has 7 heteroatoms. The lowest BCUT2D eigenvalue weighted by Crippen LogP contribution is -2.35. The highest BCUT2D eigenvalue weighted by Crippen LogP contribution is 2.40. The summed E-state index contributed by atoms with van der Waals surface area (Å²) >= 11 is -0.257. The van der Waals surface area contributed by atoms with Crippen LogP contribution in [0.3, 0.4) is 0 Å². The number of nitrogens with one attached hydrogen (secondary N) is 1. The molecule has 0 saturated carbocycles. The normalized spacial score (nSPS) is 13.1. The molecule has 0 saturated heterocycles. The van der Waals surface area contributed by atoms with Gasteiger partial charge in [-0.25, -0.2) is 0 Å². The number of amides is 1. The molecule has 3 N–H and O–H groups in total. The van der Waals surface area contributed by atoms with E-state index in [0.717, 1.165) is 12.8 Å². The number of hydrogen-bond donors (Lipinski definition) is 2. The second-order valence-electron chi connectivity index (χ2n) is 4.28. The number of rotatable bonds is 6. The predicted octanol–water partition coefficient (Wildman–Crippen LogP) is 3.75. The number of hydrogen-bond acceptors (Lipinski definition) is 3. The topological polar surface area (TPSA) is 55.1 Å². The Morgan fingerprint density at radius 1 is 1.40 bits per heavy atom. The van der Waals surface area contributed by atoms with E-state index < -0.39 is 17.5 Å². The van der Waals surface area contributed by atoms with Crippen LogP contribution in [0.15, 0.2) is 29.2 Å². The number of unbranched alkanes of at least 4 members (excludes halogenated alkanes) is 1. The summed E-state index contributed by atoms with van der Waals surface area (Å²) in [6.45, 7) is 1.97. The van der Waals surface area contributed by atoms with Crippen LogP contribution in [0, 0.1) is 0 Å². The van der Waals surface area contributed by atoms with Crippen LogP contribution in [0.1, 0.15) is 26.2 Å². The summed E-state index contributed by atoms with van der Waals surface area (Å²) in [5, 5.41) is 2.46. The Balaban J connectivity index is 2.74. The standard InChI is InChI=1S/C13H17F3N2OS/c1-2-3-6-9(17)12(19)18-10-7-4-5-8-11(10)20-13(14,15)16/h4-5,7-9H,2-3,6,17H2,1H3,(H,18,19)/t9-/m0/s1. The van der Waals surface area contributed by atoms with E-state index >= 15 is 0 Å². The number of halogens is 3. The number of carbonyl (C=O) groups is 1. The average molecular weight is 306 g/mol. The summed E-state index contributed by atoms with van der Waals surface area (Å²) in [5.74, 6) is -0.464. The molecule has 0 aliphatic rings. The van der Waals surface area contributed by atoms with Crippen molar-refractivity contribution in [3.63, 3.8) is 0 Å². The molecule has 1 amide bonds. The fourth-order valence-electron chi connectivity index (χ4n) is 1.56. The second kappa shape index (κ2) is 7.54. The first-order chi connectivity index (χ1) is 9.33. The van der Waals surface area contributed by atoms with Gasteiger partial charge < -0.3 is 11.1 Å². The number of anilines is 1. The third-order valence-electron chi connectivity index (χ3n) is 2.58. The molecule has 0 unspecified atom stereocenters. The van der Waals surface area contributed by atoms with E-state index in [0.29, 0.717) is 6.42 Å². The van der Waals surface area contributed by atoms with Gasteiger partial charge in [-0.3, -0.25) is 4.79 Å². The van der Waals surface area contributed by atoms with Crippen LogP contribution in [0.4, 0.5) is 18.9 Å². The van der Waals surface area contributed by atoms with Crippen LogP contribution in [0.2, 0.25) is 0 Å². The van der Waals surface area contributed by atoms with E-state index in [4.69, 9.17) is 5.73 Å². The zero-order valence-electron chi connectivity index (χ0n) is 11.0. The van der Waals surface area contributed by atoms with Gasteiger partial charge in [-0.1, -0.05) is 31.9 Å². The lowest BCUT2D eigenvalue weighted by Gasteiger charge is -2.15. The summed E-state index contributed by atoms with van der Waals surface area (Å²) in [5.41, 5.74) is 1.42. The summed E-state index contributed by atoms with van der Waals surface area (Å²) in [7, 11) is 0. The van der Waals surface area contributed by atoms with Crippen molar-refractivity contribution in [2.24, 2.45) is 5.73 Å². The fourth-order valence-corrected chi connectivity index (χ4v) is 2.19. The second-order valence-corrected chi connectivity index (χ2v) is 5.39. The van der Waals surface area contributed by atoms with Gasteiger partial charge in [0.05, 0.1) is 11.7 Å². The Morgan fingerprint density at radius 2 is 2.05 bits per heavy atom. The third-order valence-corrected chi connectivity index (χ3v) is 3.38. The zero-order valence-corrected chi connectivity index (χ0v) is 11.9. The van der Waals surface area contributed by atoms with E-state index in [1.54, 1.807) is 6.07 Å². The SMILES string of the molecule is CCCC[C@H](N)C(=O)Nc1ccccc1SC(F)(F)F. The number of para-hydroxylation sites is 1. The van der Waals surface area contributed by atoms with Crippen molar-refractivity contribution < 1.29 is 18.0 Å². The van der Waals surface area contributed by atoms with Crippen molar-refractivity contribution in [3.8, 4) is 0 Å². The van der Waals surface area contributed by atoms with E-state index in [-0.39, 0.29) is 22.3 Å². The Morgan fingerprint density at radius 3 is 2.65 bits per heavy atom. The van der Waals surface area contributed by atoms with Crippen molar-refractivity contribution in [2.75, 3.05) is 5.32 Å². The minimum atomic E-state index is -4.40. The number of alkyl halides is 3. The summed E-state index contributed by atoms with van der Waals surface area (Å²) in [6, 6.07) is 5.08. The predicted molar refractivity (Wildman–Crippen MR) is 74.5 cm³/mol. The van der Waals surface area contributed by atoms with Gasteiger partial charge in [0, 0.05) is 4.90 Å². The molecule has 1 aromatic carbocycles. The minimum absolute atomic E-state index is 0.0453. The lowest BCUT2D eigenvalue weighted by molar-refractivity contribution is -0.117. The number of carbonyl (C=O) groups excluding carboxylic acids is 1. The van der Waals surface area contributed by atoms with Crippen molar-refractivity contribution in [2.45, 2.75) is 42.6 Å². The van der Waals surface area contributed by atoms with Gasteiger partial charge in [0.25, 0.3) is 0 Å². The average Bonchev–Trinajstić information content (AvgIpc) is 2.36. The van der Waals surface area contributed by atoms with Crippen molar-refractivity contribution >= 4 is 23.4 Å². The van der Waals surface area contributed by atoms with Gasteiger partial charge in [-0.05, 0) is 30.3 Å². The summed E-state index contributed by atoms with van der Waals surface area (Å²) < 4.78 is 37.2. The molecule has 1 atom stereocenters. The molecule has 0 fully saturated rings. The fraction of sp³-hybridized carbons (Fsp3) is 0.462. The summed E-state index contributed by atoms with van der Waals surface area (Å²) in [6.07, 6.45) is 2.21. The van der Waals surface area contributed by atoms with Crippen LogP contribution in [-0.2, 0) is 4.79 Å². The van der Waals surface area contributed by atoms with E-state index in [9.17, 15) is 18.0 Å². The van der Waals surface area contributed by atoms with Crippen LogP contribution in [0.5, 0.6) is 0 Å². The molecule has 0 spiro atoms. The van der Waals surface area contributed by atoms with Gasteiger partial charge in [-0.15, -0.1) is 0 Å². The first-order valence-electron chi connectivity index (χ1n) is 6.24. The molecule has 1 rings (SSSR count). The van der Waals surface area contributed by atoms with Gasteiger partial charge in [0.1, 0.15) is 0 Å². The first-order valence-corrected chi connectivity index (χ1v) is 7.06. The maximum absolute atomic E-state index is 12.4. The molecule has 0 radical (unpaired) electrons. The maximum atomic E-state index is 12.4. The molecule has 3 nitrogen and oxygen atoms in total. The van der Waals surface area contributed by atoms with E-state index in [1.165, 1.54) is 18.2 Å². The number of thioether (sulfide) groups is 1. The quantitative estimate of drug-likeness (QED) is 0.787. The van der Waals surface area contributed by atoms with Crippen LogP contribution >= 0.6 is 11.8 Å². The number of benzene rings is 1. The molecular formula is C13H17F3N2OS. The molecule has 0 bridgehead atoms. The van der Waals surface area contributed by atoms with Gasteiger partial charge in [-0.2, -0.15) is 13.2 Å². The third kappa shape index (κ3) is 5.83. The zero-order chi connectivity index (χ0) is 15.2. The minimum Gasteiger partial charge on any atom is -0.324 e. The molecule has 0 aromatic heterocycles. The van der Waals surface area contributed by atoms with Gasteiger partial charge in [0.2, 0.25) is 5.91 Å². The van der Waals surface area contributed by atoms with Crippen molar-refractivity contribution in [1.82, 2.24) is 0 Å². The number of nitrogens with two attached hydrogens (primary N) is 1. The molecule has 0 aliphatic heterocycles. The Hall–Kier alpha value is -1.21. The Kier molecular flexibility index (Phi) is 6.35. The smallest absolute Gasteiger partial charge is 0.324 e. The first kappa shape index (κ1) is 16.8. The van der Waals surface area contributed by atoms with E-state index in [2.05, 4.69) is 5.32 Å². The molecule has 112 valence electrons. The largest absolute Gasteiger partial charge is 0.446 e. The molecule has 0 aliphatic carbocycles. The van der Waals surface area contributed by atoms with Gasteiger partial charge in [0.15, 0.2) is 0 Å². The highest BCUT2D eigenvalue weighted by molar-refractivity contribution is 8.00. The Labute approximate surface area is 120 Å². The monoisotopic (exact) mass is 306 g/mol. The molecular weight excluding hydrogens is 289 g/mol. The van der Waals surface area contributed by atoms with Crippen molar-refractivity contribution in [3.05, 3.63) is 24.3 Å². The van der Waals surface area contributed by atoms with Crippen LogP contribution in [-0.4, -0.2) is 17.5 Å². The maximum Gasteiger partial charge on any atom is 0.446 e. The molecule has 1 aromatic rings. The summed E-state index contributed by atoms with van der Waals surface area (Å²) in [4.78, 5) is 11.8. The lowest BCUT2D eigenvalue weighted by atomic mass is 10.1. The molecule has 0 heterocycles. The molecule has 20 heavy (non-hydrogen) atoms. The highest BCUT2D eigenvalue weighted by Gasteiger charge is 2.30. The highest BCUT2D eigenvalue weighted by atomic mass is 32.2. The van der Waals surface area contributed by atoms with Gasteiger partial charge >= 0.3 is 5.51 Å². The van der Waals surface area contributed by atoms with E-state index in [1.807, 2.05) is 6.92 Å². The Bertz CT molecular complexity index is 451. The van der Waals surface area contributed by atoms with Crippen LogP contribution in [0.25, 0.3) is 0 Å².